The molecule has 0 saturated carbocycles. The quantitative estimate of drug-likeness (QED) is 0.634. The van der Waals surface area contributed by atoms with Crippen LogP contribution in [-0.2, 0) is 4.79 Å². The molecule has 0 radical (unpaired) electrons. The van der Waals surface area contributed by atoms with Gasteiger partial charge in [-0.25, -0.2) is 0 Å². The molecule has 0 unspecified atom stereocenters. The number of thioether (sulfide) groups is 1. The minimum Gasteiger partial charge on any atom is -0.325 e. The molecule has 0 heterocycles. The molecule has 0 fully saturated rings. The van der Waals surface area contributed by atoms with Crippen LogP contribution in [0.3, 0.4) is 0 Å². The molecule has 2 aromatic carbocycles. The fourth-order valence-corrected chi connectivity index (χ4v) is 2.91. The van der Waals surface area contributed by atoms with E-state index in [4.69, 9.17) is 11.6 Å². The highest BCUT2D eigenvalue weighted by Gasteiger charge is 2.05. The number of carbonyl (C=O) groups is 1. The molecule has 0 aliphatic rings. The first kappa shape index (κ1) is 15.9. The molecule has 2 nitrogen and oxygen atoms in total. The summed E-state index contributed by atoms with van der Waals surface area (Å²) < 4.78 is 1.79. The van der Waals surface area contributed by atoms with Crippen molar-refractivity contribution in [1.82, 2.24) is 0 Å². The standard InChI is InChI=1S/C14H10Br2ClNOS/c15-9-1-4-11(5-2-9)20-8-14(19)18-10-3-6-13(17)12(16)7-10/h1-7H,8H2,(H,18,19). The molecule has 0 aliphatic carbocycles. The summed E-state index contributed by atoms with van der Waals surface area (Å²) in [6.45, 7) is 0. The van der Waals surface area contributed by atoms with Gasteiger partial charge in [0.25, 0.3) is 0 Å². The van der Waals surface area contributed by atoms with E-state index in [0.29, 0.717) is 10.8 Å². The number of benzene rings is 2. The van der Waals surface area contributed by atoms with Gasteiger partial charge in [-0.15, -0.1) is 11.8 Å². The van der Waals surface area contributed by atoms with E-state index in [0.717, 1.165) is 19.5 Å². The maximum absolute atomic E-state index is 11.9. The van der Waals surface area contributed by atoms with E-state index in [1.54, 1.807) is 18.2 Å². The monoisotopic (exact) mass is 433 g/mol. The Morgan fingerprint density at radius 1 is 1.15 bits per heavy atom. The van der Waals surface area contributed by atoms with E-state index in [2.05, 4.69) is 37.2 Å². The van der Waals surface area contributed by atoms with Crippen molar-refractivity contribution in [3.63, 3.8) is 0 Å². The van der Waals surface area contributed by atoms with Crippen LogP contribution in [0.25, 0.3) is 0 Å². The fraction of sp³-hybridized carbons (Fsp3) is 0.0714. The number of halogens is 3. The van der Waals surface area contributed by atoms with Gasteiger partial charge in [-0.05, 0) is 58.4 Å². The summed E-state index contributed by atoms with van der Waals surface area (Å²) in [6.07, 6.45) is 0. The van der Waals surface area contributed by atoms with Crippen LogP contribution in [-0.4, -0.2) is 11.7 Å². The van der Waals surface area contributed by atoms with Crippen molar-refractivity contribution in [3.8, 4) is 0 Å². The number of carbonyl (C=O) groups excluding carboxylic acids is 1. The maximum atomic E-state index is 11.9. The van der Waals surface area contributed by atoms with Gasteiger partial charge in [-0.1, -0.05) is 27.5 Å². The Morgan fingerprint density at radius 2 is 1.85 bits per heavy atom. The predicted octanol–water partition coefficient (Wildman–Crippen LogP) is 5.60. The van der Waals surface area contributed by atoms with Gasteiger partial charge in [0.2, 0.25) is 5.91 Å². The average molecular weight is 436 g/mol. The molecule has 104 valence electrons. The van der Waals surface area contributed by atoms with Crippen LogP contribution >= 0.6 is 55.2 Å². The second-order valence-corrected chi connectivity index (χ2v) is 7.15. The highest BCUT2D eigenvalue weighted by atomic mass is 79.9. The molecule has 2 rings (SSSR count). The number of anilines is 1. The molecule has 0 spiro atoms. The summed E-state index contributed by atoms with van der Waals surface area (Å²) in [6, 6.07) is 13.2. The molecular formula is C14H10Br2ClNOS. The van der Waals surface area contributed by atoms with Crippen molar-refractivity contribution in [2.75, 3.05) is 11.1 Å². The van der Waals surface area contributed by atoms with Crippen LogP contribution in [0.1, 0.15) is 0 Å². The van der Waals surface area contributed by atoms with Gasteiger partial charge < -0.3 is 5.32 Å². The van der Waals surface area contributed by atoms with E-state index in [-0.39, 0.29) is 5.91 Å². The minimum atomic E-state index is -0.0489. The van der Waals surface area contributed by atoms with Crippen LogP contribution < -0.4 is 5.32 Å². The van der Waals surface area contributed by atoms with E-state index in [1.807, 2.05) is 24.3 Å². The second-order valence-electron chi connectivity index (χ2n) is 3.92. The van der Waals surface area contributed by atoms with Crippen molar-refractivity contribution >= 4 is 66.8 Å². The SMILES string of the molecule is O=C(CSc1ccc(Br)cc1)Nc1ccc(Cl)c(Br)c1. The maximum Gasteiger partial charge on any atom is 0.234 e. The highest BCUT2D eigenvalue weighted by molar-refractivity contribution is 9.10. The molecule has 0 bridgehead atoms. The Morgan fingerprint density at radius 3 is 2.50 bits per heavy atom. The lowest BCUT2D eigenvalue weighted by atomic mass is 10.3. The Hall–Kier alpha value is -0.490. The van der Waals surface area contributed by atoms with Gasteiger partial charge in [0.15, 0.2) is 0 Å². The zero-order chi connectivity index (χ0) is 14.5. The van der Waals surface area contributed by atoms with Crippen molar-refractivity contribution in [2.45, 2.75) is 4.90 Å². The molecule has 0 aliphatic heterocycles. The predicted molar refractivity (Wildman–Crippen MR) is 92.6 cm³/mol. The van der Waals surface area contributed by atoms with Gasteiger partial charge in [0.1, 0.15) is 0 Å². The fourth-order valence-electron chi connectivity index (χ4n) is 1.45. The summed E-state index contributed by atoms with van der Waals surface area (Å²) in [5, 5.41) is 3.45. The number of amides is 1. The lowest BCUT2D eigenvalue weighted by Crippen LogP contribution is -2.13. The van der Waals surface area contributed by atoms with E-state index in [1.165, 1.54) is 11.8 Å². The highest BCUT2D eigenvalue weighted by Crippen LogP contribution is 2.26. The summed E-state index contributed by atoms with van der Waals surface area (Å²) in [5.41, 5.74) is 0.725. The van der Waals surface area contributed by atoms with E-state index < -0.39 is 0 Å². The Balaban J connectivity index is 1.89. The number of nitrogens with one attached hydrogen (secondary N) is 1. The molecule has 1 N–H and O–H groups in total. The summed E-state index contributed by atoms with van der Waals surface area (Å²) >= 11 is 14.1. The van der Waals surface area contributed by atoms with Crippen LogP contribution in [0.2, 0.25) is 5.02 Å². The lowest BCUT2D eigenvalue weighted by molar-refractivity contribution is -0.113. The number of rotatable bonds is 4. The van der Waals surface area contributed by atoms with Crippen LogP contribution in [0, 0.1) is 0 Å². The summed E-state index contributed by atoms with van der Waals surface area (Å²) in [5.74, 6) is 0.314. The minimum absolute atomic E-state index is 0.0489. The van der Waals surface area contributed by atoms with Gasteiger partial charge in [-0.2, -0.15) is 0 Å². The third-order valence-electron chi connectivity index (χ3n) is 2.39. The first-order valence-corrected chi connectivity index (χ1v) is 8.63. The average Bonchev–Trinajstić information content (AvgIpc) is 2.42. The Bertz CT molecular complexity index is 619. The summed E-state index contributed by atoms with van der Waals surface area (Å²) in [7, 11) is 0. The topological polar surface area (TPSA) is 29.1 Å². The lowest BCUT2D eigenvalue weighted by Gasteiger charge is -2.06. The molecule has 6 heteroatoms. The Labute approximate surface area is 143 Å². The van der Waals surface area contributed by atoms with Gasteiger partial charge in [-0.3, -0.25) is 4.79 Å². The molecule has 0 atom stereocenters. The molecular weight excluding hydrogens is 425 g/mol. The first-order chi connectivity index (χ1) is 9.54. The largest absolute Gasteiger partial charge is 0.325 e. The van der Waals surface area contributed by atoms with E-state index >= 15 is 0 Å². The molecule has 0 saturated heterocycles. The molecule has 20 heavy (non-hydrogen) atoms. The van der Waals surface area contributed by atoms with E-state index in [9.17, 15) is 4.79 Å². The van der Waals surface area contributed by atoms with Crippen LogP contribution in [0.4, 0.5) is 5.69 Å². The zero-order valence-electron chi connectivity index (χ0n) is 10.2. The smallest absolute Gasteiger partial charge is 0.234 e. The second kappa shape index (κ2) is 7.50. The number of hydrogen-bond donors (Lipinski definition) is 1. The zero-order valence-corrected chi connectivity index (χ0v) is 14.9. The van der Waals surface area contributed by atoms with Crippen molar-refractivity contribution in [2.24, 2.45) is 0 Å². The third kappa shape index (κ3) is 4.81. The van der Waals surface area contributed by atoms with Crippen LogP contribution in [0.15, 0.2) is 56.3 Å². The van der Waals surface area contributed by atoms with Gasteiger partial charge in [0.05, 0.1) is 10.8 Å². The molecule has 0 aromatic heterocycles. The van der Waals surface area contributed by atoms with Gasteiger partial charge >= 0.3 is 0 Å². The molecule has 1 amide bonds. The normalized spacial score (nSPS) is 10.3. The first-order valence-electron chi connectivity index (χ1n) is 5.68. The van der Waals surface area contributed by atoms with Crippen molar-refractivity contribution in [1.29, 1.82) is 0 Å². The number of hydrogen-bond acceptors (Lipinski definition) is 2. The van der Waals surface area contributed by atoms with Crippen molar-refractivity contribution < 1.29 is 4.79 Å². The van der Waals surface area contributed by atoms with Crippen LogP contribution in [0.5, 0.6) is 0 Å². The summed E-state index contributed by atoms with van der Waals surface area (Å²) in [4.78, 5) is 12.9. The molecule has 2 aromatic rings. The Kier molecular flexibility index (Phi) is 5.96. The third-order valence-corrected chi connectivity index (χ3v) is 5.14. The van der Waals surface area contributed by atoms with Crippen molar-refractivity contribution in [3.05, 3.63) is 56.4 Å². The van der Waals surface area contributed by atoms with Gasteiger partial charge in [0, 0.05) is 19.5 Å².